The van der Waals surface area contributed by atoms with E-state index >= 15 is 0 Å². The predicted octanol–water partition coefficient (Wildman–Crippen LogP) is 4.49. The summed E-state index contributed by atoms with van der Waals surface area (Å²) in [5.41, 5.74) is 4.55. The van der Waals surface area contributed by atoms with Crippen LogP contribution < -0.4 is 10.2 Å². The fourth-order valence-electron chi connectivity index (χ4n) is 4.24. The maximum Gasteiger partial charge on any atom is 0.237 e. The van der Waals surface area contributed by atoms with Crippen LogP contribution in [-0.4, -0.2) is 49.7 Å². The first-order chi connectivity index (χ1) is 14.5. The van der Waals surface area contributed by atoms with E-state index in [1.807, 2.05) is 6.07 Å². The molecule has 0 spiro atoms. The van der Waals surface area contributed by atoms with Crippen molar-refractivity contribution in [2.45, 2.75) is 32.6 Å². The van der Waals surface area contributed by atoms with Crippen molar-refractivity contribution in [1.82, 2.24) is 4.90 Å². The van der Waals surface area contributed by atoms with Crippen LogP contribution in [0.1, 0.15) is 36.8 Å². The number of aryl methyl sites for hydroxylation is 1. The summed E-state index contributed by atoms with van der Waals surface area (Å²) in [5, 5.41) is 2.72. The van der Waals surface area contributed by atoms with Crippen molar-refractivity contribution in [3.8, 4) is 0 Å². The van der Waals surface area contributed by atoms with Gasteiger partial charge in [0.15, 0.2) is 0 Å². The fraction of sp³-hybridized carbons (Fsp3) is 0.417. The van der Waals surface area contributed by atoms with Crippen LogP contribution in [0.5, 0.6) is 0 Å². The van der Waals surface area contributed by atoms with Crippen molar-refractivity contribution < 1.29 is 9.18 Å². The second-order valence-electron chi connectivity index (χ2n) is 8.13. The molecule has 1 saturated heterocycles. The van der Waals surface area contributed by atoms with Crippen molar-refractivity contribution in [3.05, 3.63) is 53.3 Å². The van der Waals surface area contributed by atoms with Crippen molar-refractivity contribution in [2.75, 3.05) is 42.9 Å². The Morgan fingerprint density at radius 1 is 1.17 bits per heavy atom. The zero-order chi connectivity index (χ0) is 21.1. The van der Waals surface area contributed by atoms with Gasteiger partial charge in [0.2, 0.25) is 5.91 Å². The Bertz CT molecular complexity index is 950. The molecular formula is C24H29FN4O. The van der Waals surface area contributed by atoms with E-state index in [2.05, 4.69) is 46.1 Å². The zero-order valence-electron chi connectivity index (χ0n) is 17.7. The average Bonchev–Trinajstić information content (AvgIpc) is 3.05. The SMILES string of the molecule is CCCCN1CCN(c2ccc(N=CC3C(=O)Nc4cc(F)ccc43)cc2C)CC1. The highest BCUT2D eigenvalue weighted by Gasteiger charge is 2.29. The Morgan fingerprint density at radius 3 is 2.70 bits per heavy atom. The summed E-state index contributed by atoms with van der Waals surface area (Å²) in [7, 11) is 0. The highest BCUT2D eigenvalue weighted by Crippen LogP contribution is 2.33. The monoisotopic (exact) mass is 408 g/mol. The lowest BCUT2D eigenvalue weighted by Crippen LogP contribution is -2.46. The zero-order valence-corrected chi connectivity index (χ0v) is 17.7. The molecular weight excluding hydrogens is 379 g/mol. The third kappa shape index (κ3) is 4.38. The number of amides is 1. The molecule has 1 atom stereocenters. The summed E-state index contributed by atoms with van der Waals surface area (Å²) >= 11 is 0. The van der Waals surface area contributed by atoms with Crippen LogP contribution in [0.3, 0.4) is 0 Å². The van der Waals surface area contributed by atoms with Gasteiger partial charge in [0, 0.05) is 43.8 Å². The number of carbonyl (C=O) groups is 1. The van der Waals surface area contributed by atoms with Crippen LogP contribution in [0.4, 0.5) is 21.5 Å². The van der Waals surface area contributed by atoms with Gasteiger partial charge in [-0.05, 0) is 61.3 Å². The minimum Gasteiger partial charge on any atom is -0.369 e. The Hall–Kier alpha value is -2.73. The quantitative estimate of drug-likeness (QED) is 0.716. The number of nitrogens with zero attached hydrogens (tertiary/aromatic N) is 3. The van der Waals surface area contributed by atoms with E-state index in [4.69, 9.17) is 0 Å². The largest absolute Gasteiger partial charge is 0.369 e. The molecule has 2 aliphatic rings. The fourth-order valence-corrected chi connectivity index (χ4v) is 4.24. The van der Waals surface area contributed by atoms with Crippen LogP contribution in [0.2, 0.25) is 0 Å². The number of halogens is 1. The Morgan fingerprint density at radius 2 is 1.97 bits per heavy atom. The molecule has 0 aliphatic carbocycles. The smallest absolute Gasteiger partial charge is 0.237 e. The molecule has 0 aromatic heterocycles. The Balaban J connectivity index is 1.43. The molecule has 0 radical (unpaired) electrons. The first-order valence-electron chi connectivity index (χ1n) is 10.8. The van der Waals surface area contributed by atoms with Crippen LogP contribution in [-0.2, 0) is 4.79 Å². The van der Waals surface area contributed by atoms with Crippen molar-refractivity contribution >= 4 is 29.2 Å². The first-order valence-corrected chi connectivity index (χ1v) is 10.8. The molecule has 2 aliphatic heterocycles. The number of unbranched alkanes of at least 4 members (excludes halogenated alkanes) is 1. The highest BCUT2D eigenvalue weighted by molar-refractivity contribution is 6.12. The number of fused-ring (bicyclic) bond motifs is 1. The molecule has 1 N–H and O–H groups in total. The maximum absolute atomic E-state index is 13.4. The first kappa shape index (κ1) is 20.5. The molecule has 0 bridgehead atoms. The van der Waals surface area contributed by atoms with E-state index in [9.17, 15) is 9.18 Å². The normalized spacial score (nSPS) is 19.4. The molecule has 2 heterocycles. The van der Waals surface area contributed by atoms with Gasteiger partial charge in [0.1, 0.15) is 11.7 Å². The maximum atomic E-state index is 13.4. The van der Waals surface area contributed by atoms with Crippen LogP contribution in [0, 0.1) is 12.7 Å². The van der Waals surface area contributed by atoms with Crippen LogP contribution >= 0.6 is 0 Å². The number of anilines is 2. The van der Waals surface area contributed by atoms with E-state index in [1.54, 1.807) is 12.3 Å². The summed E-state index contributed by atoms with van der Waals surface area (Å²) in [5.74, 6) is -1.02. The summed E-state index contributed by atoms with van der Waals surface area (Å²) < 4.78 is 13.4. The number of hydrogen-bond donors (Lipinski definition) is 1. The Labute approximate surface area is 177 Å². The second-order valence-corrected chi connectivity index (χ2v) is 8.13. The lowest BCUT2D eigenvalue weighted by Gasteiger charge is -2.36. The van der Waals surface area contributed by atoms with Gasteiger partial charge >= 0.3 is 0 Å². The van der Waals surface area contributed by atoms with Gasteiger partial charge in [-0.1, -0.05) is 19.4 Å². The lowest BCUT2D eigenvalue weighted by atomic mass is 10.0. The summed E-state index contributed by atoms with van der Waals surface area (Å²) in [6.45, 7) is 9.85. The van der Waals surface area contributed by atoms with Gasteiger partial charge in [0.25, 0.3) is 0 Å². The third-order valence-corrected chi connectivity index (χ3v) is 5.98. The van der Waals surface area contributed by atoms with E-state index in [0.717, 1.165) is 37.4 Å². The number of nitrogens with one attached hydrogen (secondary N) is 1. The molecule has 30 heavy (non-hydrogen) atoms. The van der Waals surface area contributed by atoms with E-state index in [-0.39, 0.29) is 11.7 Å². The molecule has 0 saturated carbocycles. The van der Waals surface area contributed by atoms with E-state index in [0.29, 0.717) is 5.69 Å². The summed E-state index contributed by atoms with van der Waals surface area (Å²) in [4.78, 5) is 21.8. The predicted molar refractivity (Wildman–Crippen MR) is 121 cm³/mol. The minimum atomic E-state index is -0.489. The summed E-state index contributed by atoms with van der Waals surface area (Å²) in [6, 6.07) is 10.6. The molecule has 2 aromatic carbocycles. The molecule has 1 fully saturated rings. The molecule has 1 amide bonds. The van der Waals surface area contributed by atoms with Gasteiger partial charge in [-0.3, -0.25) is 14.7 Å². The molecule has 6 heteroatoms. The van der Waals surface area contributed by atoms with Gasteiger partial charge in [-0.2, -0.15) is 0 Å². The number of hydrogen-bond acceptors (Lipinski definition) is 4. The summed E-state index contributed by atoms with van der Waals surface area (Å²) in [6.07, 6.45) is 4.16. The van der Waals surface area contributed by atoms with Crippen LogP contribution in [0.15, 0.2) is 41.4 Å². The molecule has 1 unspecified atom stereocenters. The van der Waals surface area contributed by atoms with Crippen molar-refractivity contribution in [1.29, 1.82) is 0 Å². The topological polar surface area (TPSA) is 47.9 Å². The number of benzene rings is 2. The third-order valence-electron chi connectivity index (χ3n) is 5.98. The number of piperazine rings is 1. The second kappa shape index (κ2) is 8.96. The Kier molecular flexibility index (Phi) is 6.13. The van der Waals surface area contributed by atoms with E-state index in [1.165, 1.54) is 42.8 Å². The standard InChI is InChI=1S/C24H29FN4O/c1-3-4-9-28-10-12-29(13-11-28)23-8-6-19(14-17(23)2)26-16-21-20-7-5-18(25)15-22(20)27-24(21)30/h5-8,14-16,21H,3-4,9-13H2,1-2H3,(H,27,30). The highest BCUT2D eigenvalue weighted by atomic mass is 19.1. The van der Waals surface area contributed by atoms with Crippen LogP contribution in [0.25, 0.3) is 0 Å². The van der Waals surface area contributed by atoms with Gasteiger partial charge in [0.05, 0.1) is 5.69 Å². The molecule has 158 valence electrons. The van der Waals surface area contributed by atoms with Crippen molar-refractivity contribution in [3.63, 3.8) is 0 Å². The van der Waals surface area contributed by atoms with Gasteiger partial charge in [-0.25, -0.2) is 4.39 Å². The lowest BCUT2D eigenvalue weighted by molar-refractivity contribution is -0.115. The number of aliphatic imine (C=N–C) groups is 1. The van der Waals surface area contributed by atoms with Gasteiger partial charge in [-0.15, -0.1) is 0 Å². The average molecular weight is 409 g/mol. The number of carbonyl (C=O) groups excluding carboxylic acids is 1. The molecule has 2 aromatic rings. The minimum absolute atomic E-state index is 0.173. The van der Waals surface area contributed by atoms with Crippen molar-refractivity contribution in [2.24, 2.45) is 4.99 Å². The number of rotatable bonds is 6. The molecule has 4 rings (SSSR count). The molecule has 5 nitrogen and oxygen atoms in total. The van der Waals surface area contributed by atoms with E-state index < -0.39 is 5.92 Å². The van der Waals surface area contributed by atoms with Gasteiger partial charge < -0.3 is 10.2 Å².